The second-order valence-electron chi connectivity index (χ2n) is 3.54. The molecule has 12 heavy (non-hydrogen) atoms. The molecular weight excluding hydrogens is 171 g/mol. The normalized spacial score (nSPS) is 30.2. The number of rotatable bonds is 0. The summed E-state index contributed by atoms with van der Waals surface area (Å²) in [4.78, 5) is 0. The van der Waals surface area contributed by atoms with E-state index in [1.807, 2.05) is 0 Å². The van der Waals surface area contributed by atoms with Crippen LogP contribution in [0, 0.1) is 0 Å². The molecule has 1 saturated heterocycles. The lowest BCUT2D eigenvalue weighted by Gasteiger charge is -2.37. The highest BCUT2D eigenvalue weighted by atomic mass is 19.4. The lowest BCUT2D eigenvalue weighted by atomic mass is 10.1. The standard InChI is InChI=1S/C7H12F3NO/c1-6(2)4-11-3-5(12-6)7(8,9)10/h5,11H,3-4H2,1-2H3/t5-/m1/s1. The van der Waals surface area contributed by atoms with Crippen molar-refractivity contribution in [1.29, 1.82) is 0 Å². The minimum atomic E-state index is -4.26. The summed E-state index contributed by atoms with van der Waals surface area (Å²) in [5, 5.41) is 2.69. The van der Waals surface area contributed by atoms with Gasteiger partial charge in [-0.1, -0.05) is 0 Å². The van der Waals surface area contributed by atoms with Crippen LogP contribution >= 0.6 is 0 Å². The van der Waals surface area contributed by atoms with Crippen molar-refractivity contribution in [1.82, 2.24) is 5.32 Å². The average molecular weight is 183 g/mol. The summed E-state index contributed by atoms with van der Waals surface area (Å²) in [6.07, 6.45) is -5.92. The topological polar surface area (TPSA) is 21.3 Å². The maximum absolute atomic E-state index is 12.1. The van der Waals surface area contributed by atoms with Gasteiger partial charge in [-0.2, -0.15) is 13.2 Å². The number of ether oxygens (including phenoxy) is 1. The van der Waals surface area contributed by atoms with Crippen molar-refractivity contribution in [2.45, 2.75) is 31.7 Å². The minimum absolute atomic E-state index is 0.146. The van der Waals surface area contributed by atoms with E-state index in [-0.39, 0.29) is 6.54 Å². The van der Waals surface area contributed by atoms with E-state index in [9.17, 15) is 13.2 Å². The number of alkyl halides is 3. The van der Waals surface area contributed by atoms with Crippen molar-refractivity contribution >= 4 is 0 Å². The minimum Gasteiger partial charge on any atom is -0.360 e. The molecule has 0 unspecified atom stereocenters. The van der Waals surface area contributed by atoms with Crippen molar-refractivity contribution in [3.05, 3.63) is 0 Å². The molecule has 1 heterocycles. The van der Waals surface area contributed by atoms with Crippen LogP contribution in [-0.4, -0.2) is 31.0 Å². The summed E-state index contributed by atoms with van der Waals surface area (Å²) in [5.41, 5.74) is -0.724. The van der Waals surface area contributed by atoms with Crippen LogP contribution in [0.25, 0.3) is 0 Å². The molecule has 5 heteroatoms. The van der Waals surface area contributed by atoms with E-state index in [4.69, 9.17) is 4.74 Å². The van der Waals surface area contributed by atoms with Gasteiger partial charge >= 0.3 is 6.18 Å². The third-order valence-corrected chi connectivity index (χ3v) is 1.71. The molecule has 72 valence electrons. The van der Waals surface area contributed by atoms with E-state index in [0.29, 0.717) is 6.54 Å². The van der Waals surface area contributed by atoms with E-state index in [1.54, 1.807) is 13.8 Å². The molecule has 0 aromatic heterocycles. The smallest absolute Gasteiger partial charge is 0.360 e. The molecule has 2 nitrogen and oxygen atoms in total. The van der Waals surface area contributed by atoms with Gasteiger partial charge in [0, 0.05) is 13.1 Å². The Morgan fingerprint density at radius 3 is 2.33 bits per heavy atom. The highest BCUT2D eigenvalue weighted by Crippen LogP contribution is 2.28. The molecule has 0 spiro atoms. The highest BCUT2D eigenvalue weighted by molar-refractivity contribution is 4.84. The van der Waals surface area contributed by atoms with E-state index < -0.39 is 17.9 Å². The van der Waals surface area contributed by atoms with Gasteiger partial charge < -0.3 is 10.1 Å². The Morgan fingerprint density at radius 2 is 2.00 bits per heavy atom. The number of halogens is 3. The largest absolute Gasteiger partial charge is 0.415 e. The van der Waals surface area contributed by atoms with Gasteiger partial charge in [0.05, 0.1) is 5.60 Å². The van der Waals surface area contributed by atoms with Crippen LogP contribution in [0.3, 0.4) is 0 Å². The Hall–Kier alpha value is -0.290. The molecule has 1 fully saturated rings. The van der Waals surface area contributed by atoms with Gasteiger partial charge in [-0.25, -0.2) is 0 Å². The third kappa shape index (κ3) is 2.35. The fourth-order valence-electron chi connectivity index (χ4n) is 1.16. The first kappa shape index (κ1) is 9.80. The lowest BCUT2D eigenvalue weighted by molar-refractivity contribution is -0.256. The summed E-state index contributed by atoms with van der Waals surface area (Å²) in [6.45, 7) is 3.59. The lowest BCUT2D eigenvalue weighted by Crippen LogP contribution is -2.55. The third-order valence-electron chi connectivity index (χ3n) is 1.71. The van der Waals surface area contributed by atoms with Gasteiger partial charge in [0.2, 0.25) is 0 Å². The maximum atomic E-state index is 12.1. The van der Waals surface area contributed by atoms with Gasteiger partial charge in [0.1, 0.15) is 0 Å². The van der Waals surface area contributed by atoms with Gasteiger partial charge in [-0.3, -0.25) is 0 Å². The molecule has 0 bridgehead atoms. The fraction of sp³-hybridized carbons (Fsp3) is 1.00. The zero-order valence-corrected chi connectivity index (χ0v) is 7.03. The summed E-state index contributed by atoms with van der Waals surface area (Å²) in [6, 6.07) is 0. The van der Waals surface area contributed by atoms with E-state index >= 15 is 0 Å². The van der Waals surface area contributed by atoms with Crippen LogP contribution in [0.1, 0.15) is 13.8 Å². The van der Waals surface area contributed by atoms with Crippen molar-refractivity contribution in [3.8, 4) is 0 Å². The van der Waals surface area contributed by atoms with Gasteiger partial charge in [0.25, 0.3) is 0 Å². The number of morpholine rings is 1. The predicted octanol–water partition coefficient (Wildman–Crippen LogP) is 1.32. The van der Waals surface area contributed by atoms with Gasteiger partial charge in [-0.05, 0) is 13.8 Å². The molecule has 0 aliphatic carbocycles. The van der Waals surface area contributed by atoms with Gasteiger partial charge in [0.15, 0.2) is 6.10 Å². The molecular formula is C7H12F3NO. The van der Waals surface area contributed by atoms with E-state index in [0.717, 1.165) is 0 Å². The molecule has 0 aromatic rings. The Labute approximate surface area is 69.1 Å². The molecule has 0 saturated carbocycles. The monoisotopic (exact) mass is 183 g/mol. The zero-order valence-electron chi connectivity index (χ0n) is 7.03. The van der Waals surface area contributed by atoms with Crippen LogP contribution in [0.4, 0.5) is 13.2 Å². The molecule has 1 atom stereocenters. The fourth-order valence-corrected chi connectivity index (χ4v) is 1.16. The van der Waals surface area contributed by atoms with Crippen LogP contribution in [0.2, 0.25) is 0 Å². The molecule has 1 N–H and O–H groups in total. The summed E-state index contributed by atoms with van der Waals surface area (Å²) in [5.74, 6) is 0. The SMILES string of the molecule is CC1(C)CNC[C@H](C(F)(F)F)O1. The van der Waals surface area contributed by atoms with Crippen LogP contribution in [-0.2, 0) is 4.74 Å². The Balaban J connectivity index is 2.58. The second-order valence-corrected chi connectivity index (χ2v) is 3.54. The number of hydrogen-bond acceptors (Lipinski definition) is 2. The molecule has 0 radical (unpaired) electrons. The first-order valence-electron chi connectivity index (χ1n) is 3.76. The molecule has 1 aliphatic heterocycles. The second kappa shape index (κ2) is 2.88. The highest BCUT2D eigenvalue weighted by Gasteiger charge is 2.45. The van der Waals surface area contributed by atoms with Crippen LogP contribution in [0.15, 0.2) is 0 Å². The van der Waals surface area contributed by atoms with Crippen molar-refractivity contribution in [2.75, 3.05) is 13.1 Å². The van der Waals surface area contributed by atoms with Gasteiger partial charge in [-0.15, -0.1) is 0 Å². The predicted molar refractivity (Wildman–Crippen MR) is 37.9 cm³/mol. The first-order chi connectivity index (χ1) is 5.31. The summed E-state index contributed by atoms with van der Waals surface area (Å²) >= 11 is 0. The number of nitrogens with one attached hydrogen (secondary N) is 1. The van der Waals surface area contributed by atoms with Crippen LogP contribution < -0.4 is 5.32 Å². The van der Waals surface area contributed by atoms with E-state index in [1.165, 1.54) is 0 Å². The molecule has 0 amide bonds. The first-order valence-corrected chi connectivity index (χ1v) is 3.76. The number of hydrogen-bond donors (Lipinski definition) is 1. The van der Waals surface area contributed by atoms with E-state index in [2.05, 4.69) is 5.32 Å². The average Bonchev–Trinajstić information content (AvgIpc) is 1.83. The van der Waals surface area contributed by atoms with Crippen molar-refractivity contribution in [2.24, 2.45) is 0 Å². The summed E-state index contributed by atoms with van der Waals surface area (Å²) in [7, 11) is 0. The molecule has 1 aliphatic rings. The Kier molecular flexibility index (Phi) is 2.35. The van der Waals surface area contributed by atoms with Crippen LogP contribution in [0.5, 0.6) is 0 Å². The van der Waals surface area contributed by atoms with Crippen molar-refractivity contribution < 1.29 is 17.9 Å². The zero-order chi connectivity index (χ0) is 9.41. The van der Waals surface area contributed by atoms with Crippen molar-refractivity contribution in [3.63, 3.8) is 0 Å². The summed E-state index contributed by atoms with van der Waals surface area (Å²) < 4.78 is 41.2. The maximum Gasteiger partial charge on any atom is 0.415 e. The molecule has 1 rings (SSSR count). The Bertz CT molecular complexity index is 163. The Morgan fingerprint density at radius 1 is 1.42 bits per heavy atom. The quantitative estimate of drug-likeness (QED) is 0.611. The molecule has 0 aromatic carbocycles.